The van der Waals surface area contributed by atoms with Crippen molar-refractivity contribution in [3.8, 4) is 0 Å². The topological polar surface area (TPSA) is 15.3 Å². The summed E-state index contributed by atoms with van der Waals surface area (Å²) in [5.41, 5.74) is 3.82. The SMILES string of the molecule is CSc1ccc(CNc2cccc(CN(C)C)c2)cc1. The number of hydrogen-bond acceptors (Lipinski definition) is 3. The highest BCUT2D eigenvalue weighted by Gasteiger charge is 1.98. The number of hydrogen-bond donors (Lipinski definition) is 1. The minimum absolute atomic E-state index is 0.861. The molecule has 20 heavy (non-hydrogen) atoms. The third kappa shape index (κ3) is 4.58. The summed E-state index contributed by atoms with van der Waals surface area (Å²) in [5.74, 6) is 0. The van der Waals surface area contributed by atoms with Crippen LogP contribution in [0.25, 0.3) is 0 Å². The predicted octanol–water partition coefficient (Wildman–Crippen LogP) is 4.08. The summed E-state index contributed by atoms with van der Waals surface area (Å²) in [5, 5.41) is 3.49. The van der Waals surface area contributed by atoms with Crippen LogP contribution < -0.4 is 5.32 Å². The van der Waals surface area contributed by atoms with Crippen molar-refractivity contribution in [2.75, 3.05) is 25.7 Å². The second-order valence-electron chi connectivity index (χ2n) is 5.14. The summed E-state index contributed by atoms with van der Waals surface area (Å²) in [4.78, 5) is 3.49. The van der Waals surface area contributed by atoms with Crippen LogP contribution >= 0.6 is 11.8 Å². The van der Waals surface area contributed by atoms with E-state index in [1.807, 2.05) is 0 Å². The van der Waals surface area contributed by atoms with Gasteiger partial charge in [0.1, 0.15) is 0 Å². The molecular formula is C17H22N2S. The van der Waals surface area contributed by atoms with E-state index < -0.39 is 0 Å². The highest BCUT2D eigenvalue weighted by molar-refractivity contribution is 7.98. The fraction of sp³-hybridized carbons (Fsp3) is 0.294. The summed E-state index contributed by atoms with van der Waals surface area (Å²) in [6.07, 6.45) is 2.10. The quantitative estimate of drug-likeness (QED) is 0.805. The van der Waals surface area contributed by atoms with Crippen LogP contribution in [0.1, 0.15) is 11.1 Å². The molecule has 0 aromatic heterocycles. The van der Waals surface area contributed by atoms with Crippen molar-refractivity contribution in [2.24, 2.45) is 0 Å². The van der Waals surface area contributed by atoms with Gasteiger partial charge in [-0.2, -0.15) is 0 Å². The minimum atomic E-state index is 0.861. The fourth-order valence-electron chi connectivity index (χ4n) is 2.09. The largest absolute Gasteiger partial charge is 0.381 e. The average Bonchev–Trinajstić information content (AvgIpc) is 2.45. The first kappa shape index (κ1) is 14.9. The highest BCUT2D eigenvalue weighted by atomic mass is 32.2. The molecule has 0 amide bonds. The van der Waals surface area contributed by atoms with Crippen molar-refractivity contribution in [3.05, 3.63) is 59.7 Å². The Morgan fingerprint density at radius 2 is 1.75 bits per heavy atom. The number of benzene rings is 2. The van der Waals surface area contributed by atoms with E-state index >= 15 is 0 Å². The molecule has 0 aliphatic carbocycles. The lowest BCUT2D eigenvalue weighted by Crippen LogP contribution is -2.10. The lowest BCUT2D eigenvalue weighted by atomic mass is 10.1. The van der Waals surface area contributed by atoms with Crippen LogP contribution in [-0.2, 0) is 13.1 Å². The molecule has 2 nitrogen and oxygen atoms in total. The lowest BCUT2D eigenvalue weighted by molar-refractivity contribution is 0.402. The summed E-state index contributed by atoms with van der Waals surface area (Å²) < 4.78 is 0. The highest BCUT2D eigenvalue weighted by Crippen LogP contribution is 2.17. The summed E-state index contributed by atoms with van der Waals surface area (Å²) in [7, 11) is 4.18. The third-order valence-corrected chi connectivity index (χ3v) is 3.83. The van der Waals surface area contributed by atoms with E-state index in [-0.39, 0.29) is 0 Å². The lowest BCUT2D eigenvalue weighted by Gasteiger charge is -2.12. The fourth-order valence-corrected chi connectivity index (χ4v) is 2.50. The molecule has 0 unspecified atom stereocenters. The third-order valence-electron chi connectivity index (χ3n) is 3.08. The first-order valence-electron chi connectivity index (χ1n) is 6.78. The number of anilines is 1. The zero-order chi connectivity index (χ0) is 14.4. The number of nitrogens with one attached hydrogen (secondary N) is 1. The van der Waals surface area contributed by atoms with Gasteiger partial charge in [0, 0.05) is 23.7 Å². The molecule has 0 heterocycles. The van der Waals surface area contributed by atoms with Gasteiger partial charge in [-0.1, -0.05) is 24.3 Å². The molecule has 2 aromatic rings. The predicted molar refractivity (Wildman–Crippen MR) is 89.4 cm³/mol. The molecule has 0 saturated heterocycles. The Hall–Kier alpha value is -1.45. The molecule has 0 bridgehead atoms. The normalized spacial score (nSPS) is 10.8. The van der Waals surface area contributed by atoms with Crippen LogP contribution in [0.3, 0.4) is 0 Å². The Bertz CT molecular complexity index is 535. The van der Waals surface area contributed by atoms with Crippen LogP contribution in [0.2, 0.25) is 0 Å². The molecule has 0 spiro atoms. The molecule has 0 radical (unpaired) electrons. The monoisotopic (exact) mass is 286 g/mol. The van der Waals surface area contributed by atoms with Gasteiger partial charge in [-0.3, -0.25) is 0 Å². The first-order chi connectivity index (χ1) is 9.67. The Morgan fingerprint density at radius 1 is 1.00 bits per heavy atom. The van der Waals surface area contributed by atoms with E-state index in [2.05, 4.69) is 79.1 Å². The number of rotatable bonds is 6. The van der Waals surface area contributed by atoms with E-state index in [0.29, 0.717) is 0 Å². The molecule has 0 aliphatic heterocycles. The van der Waals surface area contributed by atoms with Crippen molar-refractivity contribution >= 4 is 17.4 Å². The Kier molecular flexibility index (Phi) is 5.50. The average molecular weight is 286 g/mol. The zero-order valence-corrected chi connectivity index (χ0v) is 13.2. The molecule has 1 N–H and O–H groups in total. The van der Waals surface area contributed by atoms with Gasteiger partial charge in [0.05, 0.1) is 0 Å². The molecule has 2 aromatic carbocycles. The van der Waals surface area contributed by atoms with Crippen LogP contribution in [0.5, 0.6) is 0 Å². The molecule has 0 aliphatic rings. The van der Waals surface area contributed by atoms with E-state index in [9.17, 15) is 0 Å². The van der Waals surface area contributed by atoms with Gasteiger partial charge in [-0.15, -0.1) is 11.8 Å². The second-order valence-corrected chi connectivity index (χ2v) is 6.02. The van der Waals surface area contributed by atoms with Crippen LogP contribution in [0, 0.1) is 0 Å². The maximum atomic E-state index is 3.49. The Labute approximate surface area is 126 Å². The molecular weight excluding hydrogens is 264 g/mol. The van der Waals surface area contributed by atoms with Crippen molar-refractivity contribution in [2.45, 2.75) is 18.0 Å². The first-order valence-corrected chi connectivity index (χ1v) is 8.00. The van der Waals surface area contributed by atoms with E-state index in [0.717, 1.165) is 13.1 Å². The van der Waals surface area contributed by atoms with Gasteiger partial charge in [0.25, 0.3) is 0 Å². The minimum Gasteiger partial charge on any atom is -0.381 e. The van der Waals surface area contributed by atoms with Crippen LogP contribution in [-0.4, -0.2) is 25.3 Å². The molecule has 0 fully saturated rings. The molecule has 3 heteroatoms. The molecule has 0 saturated carbocycles. The second kappa shape index (κ2) is 7.36. The van der Waals surface area contributed by atoms with Gasteiger partial charge in [-0.25, -0.2) is 0 Å². The van der Waals surface area contributed by atoms with Gasteiger partial charge < -0.3 is 10.2 Å². The van der Waals surface area contributed by atoms with E-state index in [1.54, 1.807) is 11.8 Å². The maximum absolute atomic E-state index is 3.49. The van der Waals surface area contributed by atoms with Gasteiger partial charge >= 0.3 is 0 Å². The van der Waals surface area contributed by atoms with E-state index in [1.165, 1.54) is 21.7 Å². The van der Waals surface area contributed by atoms with Crippen molar-refractivity contribution in [1.82, 2.24) is 4.90 Å². The van der Waals surface area contributed by atoms with Crippen molar-refractivity contribution in [3.63, 3.8) is 0 Å². The Balaban J connectivity index is 1.95. The van der Waals surface area contributed by atoms with Crippen LogP contribution in [0.4, 0.5) is 5.69 Å². The standard InChI is InChI=1S/C17H22N2S/c1-19(2)13-15-5-4-6-16(11-15)18-12-14-7-9-17(20-3)10-8-14/h4-11,18H,12-13H2,1-3H3. The van der Waals surface area contributed by atoms with Crippen molar-refractivity contribution in [1.29, 1.82) is 0 Å². The number of nitrogens with zero attached hydrogens (tertiary/aromatic N) is 1. The molecule has 106 valence electrons. The Morgan fingerprint density at radius 3 is 2.40 bits per heavy atom. The van der Waals surface area contributed by atoms with Gasteiger partial charge in [0.2, 0.25) is 0 Å². The summed E-state index contributed by atoms with van der Waals surface area (Å²) in [6.45, 7) is 1.83. The zero-order valence-electron chi connectivity index (χ0n) is 12.4. The summed E-state index contributed by atoms with van der Waals surface area (Å²) >= 11 is 1.77. The van der Waals surface area contributed by atoms with Gasteiger partial charge in [0.15, 0.2) is 0 Å². The van der Waals surface area contributed by atoms with Gasteiger partial charge in [-0.05, 0) is 55.7 Å². The maximum Gasteiger partial charge on any atom is 0.0400 e. The van der Waals surface area contributed by atoms with E-state index in [4.69, 9.17) is 0 Å². The molecule has 2 rings (SSSR count). The summed E-state index contributed by atoms with van der Waals surface area (Å²) in [6, 6.07) is 17.3. The van der Waals surface area contributed by atoms with Crippen LogP contribution in [0.15, 0.2) is 53.4 Å². The smallest absolute Gasteiger partial charge is 0.0400 e. The van der Waals surface area contributed by atoms with Crippen molar-refractivity contribution < 1.29 is 0 Å². The molecule has 0 atom stereocenters. The number of thioether (sulfide) groups is 1.